The Morgan fingerprint density at radius 2 is 1.06 bits per heavy atom. The zero-order chi connectivity index (χ0) is 36.7. The lowest BCUT2D eigenvalue weighted by Gasteiger charge is -2.08. The lowest BCUT2D eigenvalue weighted by Crippen LogP contribution is -2.08. The molecule has 0 aliphatic rings. The first-order valence-electron chi connectivity index (χ1n) is 17.4. The second-order valence-corrected chi connectivity index (χ2v) is 12.0. The molecule has 0 fully saturated rings. The summed E-state index contributed by atoms with van der Waals surface area (Å²) in [5.74, 6) is 0.194. The molecule has 0 saturated carbocycles. The van der Waals surface area contributed by atoms with Crippen LogP contribution in [0.4, 0.5) is 22.7 Å². The molecule has 0 unspecified atom stereocenters. The van der Waals surface area contributed by atoms with Crippen molar-refractivity contribution in [3.63, 3.8) is 0 Å². The molecule has 0 amide bonds. The Bertz CT molecular complexity index is 2200. The van der Waals surface area contributed by atoms with Crippen LogP contribution in [0.25, 0.3) is 21.9 Å². The molecule has 0 bridgehead atoms. The van der Waals surface area contributed by atoms with Crippen LogP contribution in [0.3, 0.4) is 0 Å². The quantitative estimate of drug-likeness (QED) is 0.0328. The number of rotatable bonds is 16. The summed E-state index contributed by atoms with van der Waals surface area (Å²) in [5, 5.41) is 19.8. The Balaban J connectivity index is 0.997. The fraction of sp³-hybridized carbons (Fsp3) is 0.136. The first-order valence-corrected chi connectivity index (χ1v) is 17.4. The van der Waals surface area contributed by atoms with Gasteiger partial charge >= 0.3 is 11.9 Å². The Morgan fingerprint density at radius 1 is 0.528 bits per heavy atom. The van der Waals surface area contributed by atoms with E-state index < -0.39 is 11.9 Å². The number of hydrogen-bond donors (Lipinski definition) is 0. The maximum atomic E-state index is 12.8. The molecule has 6 aromatic rings. The van der Waals surface area contributed by atoms with Gasteiger partial charge in [-0.05, 0) is 110 Å². The average Bonchev–Trinajstić information content (AvgIpc) is 3.21. The van der Waals surface area contributed by atoms with E-state index in [0.717, 1.165) is 65.0 Å². The van der Waals surface area contributed by atoms with Crippen LogP contribution in [-0.2, 0) is 9.53 Å². The predicted molar refractivity (Wildman–Crippen MR) is 207 cm³/mol. The highest BCUT2D eigenvalue weighted by molar-refractivity contribution is 5.99. The van der Waals surface area contributed by atoms with Crippen molar-refractivity contribution < 1.29 is 23.8 Å². The van der Waals surface area contributed by atoms with E-state index >= 15 is 0 Å². The predicted octanol–water partition coefficient (Wildman–Crippen LogP) is 12.2. The summed E-state index contributed by atoms with van der Waals surface area (Å²) in [4.78, 5) is 23.8. The number of esters is 2. The standard InChI is InChI=1S/C44H38N4O5/c1-2-43(49)52-31-11-4-3-10-30-51-37-24-18-34(19-25-37)44(50)53-38-26-22-36(23-27-38)46-48-42-29-28-41(39-14-8-9-15-40(39)42)47-45-35-20-16-33(17-21-35)32-12-6-5-7-13-32/h2,5-9,12-29H,1,3-4,10-11,30-31H2. The molecule has 0 radical (unpaired) electrons. The smallest absolute Gasteiger partial charge is 0.343 e. The summed E-state index contributed by atoms with van der Waals surface area (Å²) in [5.41, 5.74) is 5.47. The van der Waals surface area contributed by atoms with Gasteiger partial charge in [0.15, 0.2) is 0 Å². The van der Waals surface area contributed by atoms with Gasteiger partial charge in [-0.3, -0.25) is 0 Å². The average molecular weight is 703 g/mol. The fourth-order valence-corrected chi connectivity index (χ4v) is 5.43. The van der Waals surface area contributed by atoms with Crippen LogP contribution in [0.1, 0.15) is 36.0 Å². The monoisotopic (exact) mass is 702 g/mol. The number of carbonyl (C=O) groups excluding carboxylic acids is 2. The number of carbonyl (C=O) groups is 2. The van der Waals surface area contributed by atoms with Gasteiger partial charge in [-0.2, -0.15) is 10.2 Å². The summed E-state index contributed by atoms with van der Waals surface area (Å²) in [7, 11) is 0. The van der Waals surface area contributed by atoms with Crippen molar-refractivity contribution in [1.82, 2.24) is 0 Å². The Hall–Kier alpha value is -6.74. The van der Waals surface area contributed by atoms with E-state index in [2.05, 4.69) is 39.2 Å². The van der Waals surface area contributed by atoms with E-state index in [4.69, 9.17) is 14.2 Å². The van der Waals surface area contributed by atoms with Crippen LogP contribution in [0.15, 0.2) is 173 Å². The van der Waals surface area contributed by atoms with Gasteiger partial charge in [-0.15, -0.1) is 10.2 Å². The molecule has 0 aromatic heterocycles. The molecular weight excluding hydrogens is 665 g/mol. The lowest BCUT2D eigenvalue weighted by atomic mass is 10.1. The molecule has 264 valence electrons. The van der Waals surface area contributed by atoms with E-state index in [9.17, 15) is 9.59 Å². The van der Waals surface area contributed by atoms with Gasteiger partial charge in [0.25, 0.3) is 0 Å². The zero-order valence-corrected chi connectivity index (χ0v) is 29.1. The fourth-order valence-electron chi connectivity index (χ4n) is 5.43. The maximum Gasteiger partial charge on any atom is 0.343 e. The Morgan fingerprint density at radius 3 is 1.66 bits per heavy atom. The summed E-state index contributed by atoms with van der Waals surface area (Å²) in [6.45, 7) is 4.33. The van der Waals surface area contributed by atoms with Crippen molar-refractivity contribution in [1.29, 1.82) is 0 Å². The number of unbranched alkanes of at least 4 members (excludes halogenated alkanes) is 3. The normalized spacial score (nSPS) is 11.2. The largest absolute Gasteiger partial charge is 0.494 e. The second kappa shape index (κ2) is 18.5. The highest BCUT2D eigenvalue weighted by Gasteiger charge is 2.10. The molecule has 6 rings (SSSR count). The third kappa shape index (κ3) is 10.4. The molecule has 0 aliphatic heterocycles. The number of benzene rings is 6. The highest BCUT2D eigenvalue weighted by atomic mass is 16.5. The van der Waals surface area contributed by atoms with Gasteiger partial charge in [-0.1, -0.05) is 73.3 Å². The summed E-state index contributed by atoms with van der Waals surface area (Å²) < 4.78 is 16.3. The van der Waals surface area contributed by atoms with Crippen molar-refractivity contribution in [3.8, 4) is 22.6 Å². The molecule has 9 heteroatoms. The van der Waals surface area contributed by atoms with Crippen LogP contribution in [0.2, 0.25) is 0 Å². The minimum absolute atomic E-state index is 0.392. The molecular formula is C44H38N4O5. The molecule has 0 saturated heterocycles. The van der Waals surface area contributed by atoms with Crippen LogP contribution >= 0.6 is 0 Å². The molecule has 0 atom stereocenters. The molecule has 0 aliphatic carbocycles. The van der Waals surface area contributed by atoms with Crippen LogP contribution in [0, 0.1) is 0 Å². The Kier molecular flexibility index (Phi) is 12.6. The molecule has 6 aromatic carbocycles. The van der Waals surface area contributed by atoms with Crippen molar-refractivity contribution in [2.24, 2.45) is 20.5 Å². The summed E-state index contributed by atoms with van der Waals surface area (Å²) >= 11 is 0. The zero-order valence-electron chi connectivity index (χ0n) is 29.1. The van der Waals surface area contributed by atoms with E-state index in [1.807, 2.05) is 78.9 Å². The first kappa shape index (κ1) is 36.1. The summed E-state index contributed by atoms with van der Waals surface area (Å²) in [6, 6.07) is 43.5. The summed E-state index contributed by atoms with van der Waals surface area (Å²) in [6.07, 6.45) is 4.74. The number of hydrogen-bond acceptors (Lipinski definition) is 9. The number of ether oxygens (including phenoxy) is 3. The third-order valence-corrected chi connectivity index (χ3v) is 8.25. The van der Waals surface area contributed by atoms with Crippen molar-refractivity contribution in [2.75, 3.05) is 13.2 Å². The van der Waals surface area contributed by atoms with Gasteiger partial charge in [0, 0.05) is 16.8 Å². The van der Waals surface area contributed by atoms with E-state index in [-0.39, 0.29) is 0 Å². The van der Waals surface area contributed by atoms with Gasteiger partial charge in [0.2, 0.25) is 0 Å². The van der Waals surface area contributed by atoms with Crippen LogP contribution in [-0.4, -0.2) is 25.2 Å². The van der Waals surface area contributed by atoms with Crippen molar-refractivity contribution in [3.05, 3.63) is 158 Å². The molecule has 9 nitrogen and oxygen atoms in total. The van der Waals surface area contributed by atoms with Crippen LogP contribution in [0.5, 0.6) is 11.5 Å². The Labute approximate surface area is 308 Å². The topological polar surface area (TPSA) is 111 Å². The van der Waals surface area contributed by atoms with Crippen molar-refractivity contribution >= 4 is 45.5 Å². The highest BCUT2D eigenvalue weighted by Crippen LogP contribution is 2.35. The third-order valence-electron chi connectivity index (χ3n) is 8.25. The van der Waals surface area contributed by atoms with E-state index in [0.29, 0.717) is 41.7 Å². The van der Waals surface area contributed by atoms with E-state index in [1.165, 1.54) is 0 Å². The number of nitrogens with zero attached hydrogens (tertiary/aromatic N) is 4. The van der Waals surface area contributed by atoms with Crippen LogP contribution < -0.4 is 9.47 Å². The minimum atomic E-state index is -0.476. The van der Waals surface area contributed by atoms with Gasteiger partial charge in [-0.25, -0.2) is 9.59 Å². The lowest BCUT2D eigenvalue weighted by molar-refractivity contribution is -0.137. The van der Waals surface area contributed by atoms with Gasteiger partial charge in [0.05, 0.1) is 41.5 Å². The molecule has 0 N–H and O–H groups in total. The number of azo groups is 2. The van der Waals surface area contributed by atoms with Crippen molar-refractivity contribution in [2.45, 2.75) is 25.7 Å². The maximum absolute atomic E-state index is 12.8. The molecule has 53 heavy (non-hydrogen) atoms. The molecule has 0 heterocycles. The SMILES string of the molecule is C=CC(=O)OCCCCCCOc1ccc(C(=O)Oc2ccc(N=Nc3ccc(N=Nc4ccc(-c5ccccc5)cc4)c4ccccc34)cc2)cc1. The van der Waals surface area contributed by atoms with Gasteiger partial charge < -0.3 is 14.2 Å². The van der Waals surface area contributed by atoms with Gasteiger partial charge in [0.1, 0.15) is 11.5 Å². The first-order chi connectivity index (χ1) is 26.1. The second-order valence-electron chi connectivity index (χ2n) is 12.0. The minimum Gasteiger partial charge on any atom is -0.494 e. The number of fused-ring (bicyclic) bond motifs is 1. The van der Waals surface area contributed by atoms with E-state index in [1.54, 1.807) is 48.5 Å². The molecule has 0 spiro atoms.